The first-order chi connectivity index (χ1) is 66.8. The first-order valence-electron chi connectivity index (χ1n) is 45.4. The quantitative estimate of drug-likeness (QED) is 0.00942. The maximum absolute atomic E-state index is 13.3. The van der Waals surface area contributed by atoms with Crippen LogP contribution in [0.25, 0.3) is 0 Å². The number of nitrogens with one attached hydrogen (secondary N) is 3. The van der Waals surface area contributed by atoms with Crippen LogP contribution in [-0.2, 0) is 54.2 Å². The van der Waals surface area contributed by atoms with E-state index >= 15 is 0 Å². The predicted octanol–water partition coefficient (Wildman–Crippen LogP) is 14.5. The number of carbonyl (C=O) groups excluding carboxylic acids is 4. The highest BCUT2D eigenvalue weighted by molar-refractivity contribution is 6.28. The second-order valence-corrected chi connectivity index (χ2v) is 33.2. The van der Waals surface area contributed by atoms with Crippen molar-refractivity contribution in [2.24, 2.45) is 0 Å². The van der Waals surface area contributed by atoms with Gasteiger partial charge in [0.25, 0.3) is 0 Å². The zero-order chi connectivity index (χ0) is 103. The number of likely N-dealkylation sites (tertiary alicyclic amines) is 2. The first kappa shape index (κ1) is 125. The molecule has 5 saturated heterocycles. The van der Waals surface area contributed by atoms with Crippen molar-refractivity contribution in [3.8, 4) is 34.5 Å². The van der Waals surface area contributed by atoms with Gasteiger partial charge in [-0.15, -0.1) is 36.4 Å². The summed E-state index contributed by atoms with van der Waals surface area (Å²) in [6, 6.07) is 73.8. The highest BCUT2D eigenvalue weighted by atomic mass is 35.5. The number of halogens is 12. The number of esters is 2. The molecule has 0 aromatic heterocycles. The molecule has 0 bridgehead atoms. The summed E-state index contributed by atoms with van der Waals surface area (Å²) in [4.78, 5) is 46.1. The van der Waals surface area contributed by atoms with Crippen LogP contribution in [0.2, 0.25) is 0 Å². The van der Waals surface area contributed by atoms with Crippen molar-refractivity contribution >= 4 is 60.2 Å². The van der Waals surface area contributed by atoms with E-state index in [-0.39, 0.29) is 108 Å². The van der Waals surface area contributed by atoms with E-state index in [1.54, 1.807) is 66.9 Å². The number of β-amino-alcohol motifs (C(OH)–C–C–N with tert-alkyl or cyclic N) is 5. The number of alkyl halides is 10. The third kappa shape index (κ3) is 35.9. The minimum atomic E-state index is -5.05. The lowest BCUT2D eigenvalue weighted by molar-refractivity contribution is -0.199. The maximum atomic E-state index is 13.3. The van der Waals surface area contributed by atoms with Gasteiger partial charge in [-0.3, -0.25) is 14.4 Å². The largest absolute Gasteiger partial charge is 0.497 e. The Morgan fingerprint density at radius 2 is 0.657 bits per heavy atom. The summed E-state index contributed by atoms with van der Waals surface area (Å²) >= 11 is 7.22. The zero-order valence-electron chi connectivity index (χ0n) is 80.8. The van der Waals surface area contributed by atoms with E-state index in [4.69, 9.17) is 75.0 Å². The summed E-state index contributed by atoms with van der Waals surface area (Å²) in [7, 11) is 11.1. The smallest absolute Gasteiger partial charge is 0.490 e. The lowest BCUT2D eigenvalue weighted by atomic mass is 9.80. The first-order valence-corrected chi connectivity index (χ1v) is 45.8. The van der Waals surface area contributed by atoms with Crippen LogP contribution in [0.4, 0.5) is 39.5 Å². The van der Waals surface area contributed by atoms with Crippen molar-refractivity contribution in [1.29, 1.82) is 0 Å². The van der Waals surface area contributed by atoms with Gasteiger partial charge in [0, 0.05) is 51.2 Å². The Kier molecular flexibility index (Phi) is 53.2. The number of hydrogen-bond acceptors (Lipinski definition) is 25. The third-order valence-electron chi connectivity index (χ3n) is 23.5. The molecule has 2 amide bonds. The number of aliphatic hydroxyl groups is 7. The summed E-state index contributed by atoms with van der Waals surface area (Å²) in [5.41, 5.74) is 6.10. The van der Waals surface area contributed by atoms with E-state index in [0.717, 1.165) is 61.9 Å². The average Bonchev–Trinajstić information content (AvgIpc) is 1.71. The Balaban J connectivity index is 0.000000364. The van der Waals surface area contributed by atoms with E-state index in [1.165, 1.54) is 33.7 Å². The van der Waals surface area contributed by atoms with Gasteiger partial charge in [0.1, 0.15) is 56.6 Å². The van der Waals surface area contributed by atoms with Crippen LogP contribution in [-0.4, -0.2) is 289 Å². The van der Waals surface area contributed by atoms with Gasteiger partial charge in [-0.1, -0.05) is 192 Å². The molecular weight excluding hydrogens is 1950 g/mol. The van der Waals surface area contributed by atoms with E-state index in [1.807, 2.05) is 200 Å². The zero-order valence-corrected chi connectivity index (χ0v) is 83.2. The number of amides is 2. The van der Waals surface area contributed by atoms with Crippen molar-refractivity contribution < 1.29 is 142 Å². The molecule has 0 radical (unpaired) electrons. The summed E-state index contributed by atoms with van der Waals surface area (Å²) < 4.78 is 163. The van der Waals surface area contributed by atoms with E-state index in [9.17, 15) is 68.9 Å². The summed E-state index contributed by atoms with van der Waals surface area (Å²) in [5.74, 6) is -1.97. The molecule has 5 heterocycles. The lowest BCUT2D eigenvalue weighted by Crippen LogP contribution is -2.47. The fourth-order valence-corrected chi connectivity index (χ4v) is 16.5. The molecule has 0 spiro atoms. The van der Waals surface area contributed by atoms with Gasteiger partial charge in [0.2, 0.25) is 0 Å². The number of carbonyl (C=O) groups is 4. The molecule has 14 rings (SSSR count). The van der Waals surface area contributed by atoms with Crippen molar-refractivity contribution in [2.75, 3.05) is 135 Å². The lowest BCUT2D eigenvalue weighted by Gasteiger charge is -2.38. The van der Waals surface area contributed by atoms with Crippen LogP contribution >= 0.6 is 36.4 Å². The van der Waals surface area contributed by atoms with Gasteiger partial charge in [-0.05, 0) is 175 Å². The highest BCUT2D eigenvalue weighted by Crippen LogP contribution is 2.47. The molecule has 9 aromatic rings. The number of methoxy groups -OCH3 is 7. The summed E-state index contributed by atoms with van der Waals surface area (Å²) in [5, 5.41) is 73.3. The topological polar surface area (TPSA) is 348 Å². The van der Waals surface area contributed by atoms with Crippen LogP contribution in [0.15, 0.2) is 237 Å². The number of ether oxygens (including phenoxy) is 10. The Bertz CT molecular complexity index is 4960. The minimum Gasteiger partial charge on any atom is -0.497 e. The molecule has 5 aliphatic rings. The number of hydrogen-bond donors (Lipinski definition) is 10. The third-order valence-corrected chi connectivity index (χ3v) is 24.2. The van der Waals surface area contributed by atoms with Crippen molar-refractivity contribution in [2.45, 2.75) is 163 Å². The number of benzene rings is 9. The van der Waals surface area contributed by atoms with E-state index < -0.39 is 95.9 Å². The number of aliphatic hydroxyl groups excluding tert-OH is 7. The van der Waals surface area contributed by atoms with Crippen molar-refractivity contribution in [1.82, 2.24) is 30.7 Å². The second-order valence-electron chi connectivity index (χ2n) is 32.7. The Hall–Kier alpha value is -10.6. The predicted molar refractivity (Wildman–Crippen MR) is 530 cm³/mol. The molecule has 0 saturated carbocycles. The maximum Gasteiger partial charge on any atom is 0.490 e. The molecule has 5 fully saturated rings. The van der Waals surface area contributed by atoms with E-state index in [0.29, 0.717) is 77.9 Å². The SMILES string of the molecule is C.CCN(CC)CC.CCOC(=O)C(F)(F)F.COC(=O)[C@@H]1C[C@@H](O)CN1.COc1ccc(C(Cl)(c2ccccc2)c2ccc(OC)cc2)cc1.COc1ccc(C(OC[C@@H]2C[C@@H](O)CN2)(c2ccccc2)c2ccc(OC)cc2)cc1.COc1ccc(C(OC[C@@H]2C[C@@H](O)CN2C(=O)C(F)(F)F)(c2ccccc2)c2ccc(OC)cc2)cc1.Cl.Cl.O=C(N1C[C@H](O)C[C@H]1CO)C(F)(F)F.OC[C@@H]1C[C@@H](O)CN1. The van der Waals surface area contributed by atoms with Crippen molar-refractivity contribution in [3.63, 3.8) is 0 Å². The van der Waals surface area contributed by atoms with Crippen LogP contribution in [0, 0.1) is 0 Å². The molecule has 10 atom stereocenters. The van der Waals surface area contributed by atoms with Crippen molar-refractivity contribution in [3.05, 3.63) is 287 Å². The van der Waals surface area contributed by atoms with Crippen LogP contribution in [0.1, 0.15) is 117 Å². The molecule has 10 N–H and O–H groups in total. The second kappa shape index (κ2) is 61.0. The van der Waals surface area contributed by atoms with Gasteiger partial charge in [-0.2, -0.15) is 39.5 Å². The van der Waals surface area contributed by atoms with E-state index in [2.05, 4.69) is 63.2 Å². The average molecular weight is 2080 g/mol. The monoisotopic (exact) mass is 2080 g/mol. The Morgan fingerprint density at radius 1 is 0.371 bits per heavy atom. The molecule has 27 nitrogen and oxygen atoms in total. The number of rotatable bonds is 28. The standard InChI is InChI=1S/C28H28F3NO5.C26H29NO4.C21H19ClO2.C7H10F3NO3.C6H11NO3.C6H15N.C5H11NO2.C4H5F3O2.CH4.2ClH/c1-35-24-12-8-20(9-13-24)27(19-6-4-3-5-7-19,21-10-14-25(36-2)15-11-21)37-18-22-16-23(33)17-32(22)26(34)28(29,30)31;1-29-24-12-8-20(9-13-24)26(19-6-4-3-5-7-19,21-10-14-25(30-2)15-11-21)31-18-22-16-23(28)17-27-22;1-23-19-12-8-17(9-13-19)21(22,16-6-4-3-5-7-16)18-10-14-20(24-2)15-11-18;8-7(9,10)6(14)11-2-5(13)1-4(11)3-12;1-10-6(9)5-2-4(8)3-7-5;1-4-7(5-2)6-3;7-3-4-1-5(8)2-6-4;1-2-9-3(8)4(5,6)7;;;/h3-15,22-23,33H,16-18H2,1-2H3;3-15,22-23,27-28H,16-18H2,1-2H3;3-15H,1-2H3;4-5,12-13H,1-3H2;4-5,7-8H,2-3H2,1H3;4-6H2,1-3H3;4-8H,1-3H2;2H2,1H3;1H4;2*1H/t2*22-,23+;;2*4-,5+;;4-,5+;;;;/m00.01.0..../s1. The fourth-order valence-electron chi connectivity index (χ4n) is 16.1. The fraction of sp³-hybridized carbons (Fsp3) is 0.442. The minimum absolute atomic E-state index is 0. The van der Waals surface area contributed by atoms with Gasteiger partial charge < -0.3 is 114 Å². The highest BCUT2D eigenvalue weighted by Gasteiger charge is 2.51. The molecule has 790 valence electrons. The van der Waals surface area contributed by atoms with Gasteiger partial charge in [0.05, 0.1) is 125 Å². The van der Waals surface area contributed by atoms with Crippen LogP contribution < -0.4 is 44.4 Å². The van der Waals surface area contributed by atoms with Gasteiger partial charge >= 0.3 is 42.3 Å². The molecule has 0 unspecified atom stereocenters. The molecule has 0 aliphatic carbocycles. The normalized spacial score (nSPS) is 18.9. The molecule has 39 heteroatoms. The Labute approximate surface area is 847 Å². The summed E-state index contributed by atoms with van der Waals surface area (Å²) in [6.07, 6.45) is -16.1. The summed E-state index contributed by atoms with van der Waals surface area (Å²) in [6.45, 7) is 11.9. The van der Waals surface area contributed by atoms with Gasteiger partial charge in [-0.25, -0.2) is 4.79 Å². The number of nitrogens with zero attached hydrogens (tertiary/aromatic N) is 3. The molecule has 9 aromatic carbocycles. The molecule has 5 aliphatic heterocycles. The Morgan fingerprint density at radius 3 is 0.909 bits per heavy atom. The van der Waals surface area contributed by atoms with Crippen LogP contribution in [0.5, 0.6) is 34.5 Å². The van der Waals surface area contributed by atoms with Gasteiger partial charge in [0.15, 0.2) is 0 Å². The van der Waals surface area contributed by atoms with Crippen LogP contribution in [0.3, 0.4) is 0 Å². The molecular formula is C104H134Cl3F9N6O21. The molecule has 143 heavy (non-hydrogen) atoms.